The molecule has 2 aromatic carbocycles. The number of carbonyl (C=O) groups is 1. The van der Waals surface area contributed by atoms with Gasteiger partial charge in [-0.3, -0.25) is 9.36 Å². The molecule has 3 aromatic rings. The van der Waals surface area contributed by atoms with E-state index in [0.717, 1.165) is 18.5 Å². The zero-order chi connectivity index (χ0) is 26.3. The Kier molecular flexibility index (Phi) is 7.63. The Labute approximate surface area is 243 Å². The molecule has 0 unspecified atom stereocenters. The van der Waals surface area contributed by atoms with E-state index in [1.807, 2.05) is 31.2 Å². The number of allylic oxidation sites excluding steroid dienone is 1. The summed E-state index contributed by atoms with van der Waals surface area (Å²) in [7, 11) is 0. The summed E-state index contributed by atoms with van der Waals surface area (Å²) < 4.78 is 26.1. The Hall–Kier alpha value is -2.39. The number of nitrogens with zero attached hydrogens (tertiary/aromatic N) is 2. The second-order valence-corrected chi connectivity index (χ2v) is 11.5. The number of thiazole rings is 1. The maximum Gasteiger partial charge on any atom is 0.338 e. The smallest absolute Gasteiger partial charge is 0.338 e. The first-order valence-corrected chi connectivity index (χ1v) is 14.5. The van der Waals surface area contributed by atoms with E-state index >= 15 is 0 Å². The van der Waals surface area contributed by atoms with Crippen LogP contribution in [0, 0.1) is 7.14 Å². The average molecular weight is 744 g/mol. The van der Waals surface area contributed by atoms with Crippen molar-refractivity contribution in [2.45, 2.75) is 26.8 Å². The Morgan fingerprint density at radius 1 is 1.16 bits per heavy atom. The first-order chi connectivity index (χ1) is 17.8. The minimum absolute atomic E-state index is 0.126. The number of hydrogen-bond acceptors (Lipinski definition) is 8. The Balaban J connectivity index is 1.69. The van der Waals surface area contributed by atoms with Gasteiger partial charge in [0, 0.05) is 0 Å². The lowest BCUT2D eigenvalue weighted by atomic mass is 9.95. The number of aromatic nitrogens is 1. The number of fused-ring (bicyclic) bond motifs is 2. The van der Waals surface area contributed by atoms with Crippen molar-refractivity contribution in [3.63, 3.8) is 0 Å². The molecule has 0 saturated carbocycles. The molecule has 3 heterocycles. The topological polar surface area (TPSA) is 88.4 Å². The number of benzene rings is 2. The quantitative estimate of drug-likeness (QED) is 0.279. The lowest BCUT2D eigenvalue weighted by molar-refractivity contribution is -0.139. The zero-order valence-electron chi connectivity index (χ0n) is 20.2. The normalized spacial score (nSPS) is 16.5. The number of halogens is 2. The molecule has 192 valence electrons. The summed E-state index contributed by atoms with van der Waals surface area (Å²) >= 11 is 5.77. The predicted molar refractivity (Wildman–Crippen MR) is 156 cm³/mol. The van der Waals surface area contributed by atoms with E-state index in [2.05, 4.69) is 50.2 Å². The Morgan fingerprint density at radius 2 is 1.89 bits per heavy atom. The minimum Gasteiger partial charge on any atom is -0.492 e. The molecular weight excluding hydrogens is 722 g/mol. The molecule has 1 atom stereocenters. The number of hydrogen-bond donors (Lipinski definition) is 0. The minimum atomic E-state index is -0.715. The predicted octanol–water partition coefficient (Wildman–Crippen LogP) is 4.13. The van der Waals surface area contributed by atoms with Gasteiger partial charge in [-0.1, -0.05) is 17.4 Å². The van der Waals surface area contributed by atoms with Crippen LogP contribution in [0.25, 0.3) is 6.08 Å². The first kappa shape index (κ1) is 26.2. The summed E-state index contributed by atoms with van der Waals surface area (Å²) in [4.78, 5) is 32.1. The first-order valence-electron chi connectivity index (χ1n) is 11.5. The maximum atomic E-state index is 13.8. The molecule has 37 heavy (non-hydrogen) atoms. The molecule has 5 rings (SSSR count). The molecule has 8 nitrogen and oxygen atoms in total. The van der Waals surface area contributed by atoms with Crippen molar-refractivity contribution < 1.29 is 23.7 Å². The van der Waals surface area contributed by atoms with Gasteiger partial charge >= 0.3 is 5.97 Å². The van der Waals surface area contributed by atoms with Gasteiger partial charge in [-0.05, 0) is 107 Å². The molecule has 0 fully saturated rings. The van der Waals surface area contributed by atoms with Gasteiger partial charge in [-0.25, -0.2) is 9.79 Å². The van der Waals surface area contributed by atoms with Gasteiger partial charge in [-0.15, -0.1) is 0 Å². The van der Waals surface area contributed by atoms with Gasteiger partial charge in [0.15, 0.2) is 16.3 Å². The third-order valence-electron chi connectivity index (χ3n) is 5.84. The fraction of sp³-hybridized carbons (Fsp3) is 0.269. The van der Waals surface area contributed by atoms with Crippen molar-refractivity contribution in [1.29, 1.82) is 0 Å². The lowest BCUT2D eigenvalue weighted by Gasteiger charge is -2.24. The van der Waals surface area contributed by atoms with Crippen LogP contribution in [-0.2, 0) is 9.53 Å². The van der Waals surface area contributed by atoms with Crippen LogP contribution >= 0.6 is 56.5 Å². The Bertz CT molecular complexity index is 1600. The summed E-state index contributed by atoms with van der Waals surface area (Å²) in [5.41, 5.74) is 2.19. The fourth-order valence-electron chi connectivity index (χ4n) is 4.29. The van der Waals surface area contributed by atoms with Crippen molar-refractivity contribution in [3.05, 3.63) is 79.6 Å². The Morgan fingerprint density at radius 3 is 2.59 bits per heavy atom. The molecule has 2 aliphatic heterocycles. The van der Waals surface area contributed by atoms with Crippen LogP contribution in [0.1, 0.15) is 37.9 Å². The molecule has 0 aliphatic carbocycles. The molecule has 2 aliphatic rings. The molecular formula is C26H22I2N2O6S. The van der Waals surface area contributed by atoms with Crippen molar-refractivity contribution in [3.8, 4) is 17.2 Å². The van der Waals surface area contributed by atoms with Gasteiger partial charge in [0.25, 0.3) is 5.56 Å². The highest BCUT2D eigenvalue weighted by molar-refractivity contribution is 14.1. The molecule has 0 spiro atoms. The van der Waals surface area contributed by atoms with Gasteiger partial charge in [0.1, 0.15) is 5.75 Å². The van der Waals surface area contributed by atoms with E-state index in [-0.39, 0.29) is 19.0 Å². The van der Waals surface area contributed by atoms with Crippen LogP contribution in [-0.4, -0.2) is 30.5 Å². The van der Waals surface area contributed by atoms with E-state index in [9.17, 15) is 9.59 Å². The van der Waals surface area contributed by atoms with E-state index in [1.165, 1.54) is 11.3 Å². The zero-order valence-corrected chi connectivity index (χ0v) is 25.3. The number of esters is 1. The van der Waals surface area contributed by atoms with Crippen molar-refractivity contribution >= 4 is 68.6 Å². The average Bonchev–Trinajstić information content (AvgIpc) is 3.44. The molecule has 0 radical (unpaired) electrons. The molecule has 11 heteroatoms. The fourth-order valence-corrected chi connectivity index (χ4v) is 7.46. The maximum absolute atomic E-state index is 13.8. The standard InChI is InChI=1S/C26H22I2N2O6S/c1-4-33-23-16(27)8-14(9-17(23)28)10-20-24(31)30-22(15-6-7-18-19(11-15)36-12-35-18)21(25(32)34-5-2)13(3)29-26(30)37-20/h6-11,22H,4-5,12H2,1-3H3/b20-10-/t22-/m0/s1. The van der Waals surface area contributed by atoms with Crippen LogP contribution in [0.2, 0.25) is 0 Å². The summed E-state index contributed by atoms with van der Waals surface area (Å²) in [6.07, 6.45) is 1.85. The largest absolute Gasteiger partial charge is 0.492 e. The van der Waals surface area contributed by atoms with E-state index in [0.29, 0.717) is 44.3 Å². The summed E-state index contributed by atoms with van der Waals surface area (Å²) in [5, 5.41) is 0. The lowest BCUT2D eigenvalue weighted by Crippen LogP contribution is -2.39. The van der Waals surface area contributed by atoms with Crippen molar-refractivity contribution in [2.24, 2.45) is 4.99 Å². The number of carbonyl (C=O) groups excluding carboxylic acids is 1. The molecule has 0 amide bonds. The number of ether oxygens (including phenoxy) is 4. The second-order valence-electron chi connectivity index (χ2n) is 8.16. The van der Waals surface area contributed by atoms with E-state index < -0.39 is 12.0 Å². The highest BCUT2D eigenvalue weighted by Gasteiger charge is 2.34. The molecule has 0 bridgehead atoms. The van der Waals surface area contributed by atoms with Gasteiger partial charge in [0.2, 0.25) is 6.79 Å². The third-order valence-corrected chi connectivity index (χ3v) is 8.42. The SMILES string of the molecule is CCOC(=O)C1=C(C)N=c2s/c(=C\c3cc(I)c(OCC)c(I)c3)c(=O)n2[C@H]1c1ccc2c(c1)OCO2. The van der Waals surface area contributed by atoms with E-state index in [4.69, 9.17) is 18.9 Å². The molecule has 0 N–H and O–H groups in total. The van der Waals surface area contributed by atoms with E-state index in [1.54, 1.807) is 30.5 Å². The van der Waals surface area contributed by atoms with Gasteiger partial charge in [-0.2, -0.15) is 0 Å². The van der Waals surface area contributed by atoms with Crippen LogP contribution < -0.4 is 29.1 Å². The second kappa shape index (κ2) is 10.8. The monoisotopic (exact) mass is 744 g/mol. The van der Waals surface area contributed by atoms with Crippen LogP contribution in [0.15, 0.2) is 51.4 Å². The van der Waals surface area contributed by atoms with Crippen LogP contribution in [0.5, 0.6) is 17.2 Å². The molecule has 1 aromatic heterocycles. The summed E-state index contributed by atoms with van der Waals surface area (Å²) in [5.74, 6) is 1.52. The molecule has 0 saturated heterocycles. The van der Waals surface area contributed by atoms with Crippen molar-refractivity contribution in [2.75, 3.05) is 20.0 Å². The van der Waals surface area contributed by atoms with Crippen LogP contribution in [0.4, 0.5) is 0 Å². The van der Waals surface area contributed by atoms with Crippen molar-refractivity contribution in [1.82, 2.24) is 4.57 Å². The van der Waals surface area contributed by atoms with Gasteiger partial charge in [0.05, 0.1) is 42.2 Å². The van der Waals surface area contributed by atoms with Gasteiger partial charge < -0.3 is 18.9 Å². The summed E-state index contributed by atoms with van der Waals surface area (Å²) in [6.45, 7) is 6.37. The highest BCUT2D eigenvalue weighted by atomic mass is 127. The third kappa shape index (κ3) is 4.92. The van der Waals surface area contributed by atoms with Crippen LogP contribution in [0.3, 0.4) is 0 Å². The number of rotatable bonds is 6. The highest BCUT2D eigenvalue weighted by Crippen LogP contribution is 2.38. The summed E-state index contributed by atoms with van der Waals surface area (Å²) in [6, 6.07) is 8.68.